The summed E-state index contributed by atoms with van der Waals surface area (Å²) in [6.45, 7) is 8.81. The Bertz CT molecular complexity index is 1150. The molecule has 0 bridgehead atoms. The number of nitrogens with two attached hydrogens (primary N) is 1. The molecule has 4 aromatic rings. The Balaban J connectivity index is 1.76. The van der Waals surface area contributed by atoms with Crippen molar-refractivity contribution < 1.29 is 9.47 Å². The Labute approximate surface area is 176 Å². The molecular weight excluding hydrogens is 376 g/mol. The largest absolute Gasteiger partial charge is 0.489 e. The minimum Gasteiger partial charge on any atom is -0.489 e. The molecule has 6 heteroatoms. The minimum atomic E-state index is 0.429. The van der Waals surface area contributed by atoms with Gasteiger partial charge >= 0.3 is 0 Å². The number of rotatable bonds is 8. The van der Waals surface area contributed by atoms with E-state index < -0.39 is 0 Å². The average Bonchev–Trinajstić information content (AvgIpc) is 3.10. The lowest BCUT2D eigenvalue weighted by molar-refractivity contribution is 0.125. The second-order valence-electron chi connectivity index (χ2n) is 7.82. The maximum absolute atomic E-state index is 6.31. The summed E-state index contributed by atoms with van der Waals surface area (Å²) in [6.07, 6.45) is 0. The van der Waals surface area contributed by atoms with Crippen molar-refractivity contribution in [2.24, 2.45) is 5.92 Å². The number of imidazole rings is 1. The van der Waals surface area contributed by atoms with E-state index >= 15 is 0 Å². The van der Waals surface area contributed by atoms with Gasteiger partial charge in [-0.2, -0.15) is 0 Å². The van der Waals surface area contributed by atoms with Crippen molar-refractivity contribution in [2.75, 3.05) is 12.3 Å². The lowest BCUT2D eigenvalue weighted by Crippen LogP contribution is -2.10. The fourth-order valence-electron chi connectivity index (χ4n) is 3.63. The predicted molar refractivity (Wildman–Crippen MR) is 120 cm³/mol. The van der Waals surface area contributed by atoms with Crippen LogP contribution in [-0.4, -0.2) is 21.1 Å². The minimum absolute atomic E-state index is 0.429. The molecule has 2 aromatic carbocycles. The van der Waals surface area contributed by atoms with E-state index in [0.717, 1.165) is 45.6 Å². The SMILES string of the molecule is CCOCc1nc2c(N)nc3cc(OCc4ccccc4)ccc3c2n1CC(C)C. The van der Waals surface area contributed by atoms with Crippen LogP contribution < -0.4 is 10.5 Å². The summed E-state index contributed by atoms with van der Waals surface area (Å²) >= 11 is 0. The van der Waals surface area contributed by atoms with Gasteiger partial charge in [-0.15, -0.1) is 0 Å². The van der Waals surface area contributed by atoms with Crippen molar-refractivity contribution in [1.82, 2.24) is 14.5 Å². The van der Waals surface area contributed by atoms with E-state index in [-0.39, 0.29) is 0 Å². The van der Waals surface area contributed by atoms with Crippen molar-refractivity contribution in [1.29, 1.82) is 0 Å². The zero-order valence-electron chi connectivity index (χ0n) is 17.8. The molecule has 0 aliphatic heterocycles. The van der Waals surface area contributed by atoms with E-state index in [2.05, 4.69) is 23.4 Å². The maximum atomic E-state index is 6.31. The number of hydrogen-bond acceptors (Lipinski definition) is 5. The first kappa shape index (κ1) is 20.2. The van der Waals surface area contributed by atoms with Crippen molar-refractivity contribution in [3.05, 3.63) is 59.9 Å². The third kappa shape index (κ3) is 4.09. The van der Waals surface area contributed by atoms with Gasteiger partial charge in [0.05, 0.1) is 11.0 Å². The normalized spacial score (nSPS) is 11.6. The van der Waals surface area contributed by atoms with Crippen molar-refractivity contribution >= 4 is 27.8 Å². The fourth-order valence-corrected chi connectivity index (χ4v) is 3.63. The molecule has 156 valence electrons. The second-order valence-corrected chi connectivity index (χ2v) is 7.82. The Hall–Kier alpha value is -3.12. The number of fused-ring (bicyclic) bond motifs is 3. The lowest BCUT2D eigenvalue weighted by atomic mass is 10.1. The molecule has 0 aliphatic rings. The highest BCUT2D eigenvalue weighted by Crippen LogP contribution is 2.32. The van der Waals surface area contributed by atoms with Crippen LogP contribution in [0, 0.1) is 5.92 Å². The quantitative estimate of drug-likeness (QED) is 0.450. The topological polar surface area (TPSA) is 75.2 Å². The molecule has 0 atom stereocenters. The van der Waals surface area contributed by atoms with Crippen molar-refractivity contribution in [3.63, 3.8) is 0 Å². The lowest BCUT2D eigenvalue weighted by Gasteiger charge is -2.13. The summed E-state index contributed by atoms with van der Waals surface area (Å²) in [5.41, 5.74) is 9.98. The van der Waals surface area contributed by atoms with Gasteiger partial charge in [-0.1, -0.05) is 44.2 Å². The summed E-state index contributed by atoms with van der Waals surface area (Å²) in [7, 11) is 0. The van der Waals surface area contributed by atoms with Crippen LogP contribution in [0.5, 0.6) is 5.75 Å². The number of ether oxygens (including phenoxy) is 2. The molecule has 0 amide bonds. The van der Waals surface area contributed by atoms with Gasteiger partial charge in [0, 0.05) is 24.6 Å². The average molecular weight is 405 g/mol. The molecule has 0 aliphatic carbocycles. The molecule has 0 saturated carbocycles. The van der Waals surface area contributed by atoms with Crippen molar-refractivity contribution in [3.8, 4) is 5.75 Å². The molecular formula is C24H28N4O2. The van der Waals surface area contributed by atoms with E-state index in [0.29, 0.717) is 31.6 Å². The van der Waals surface area contributed by atoms with Crippen LogP contribution in [0.2, 0.25) is 0 Å². The summed E-state index contributed by atoms with van der Waals surface area (Å²) in [6, 6.07) is 16.1. The van der Waals surface area contributed by atoms with Gasteiger partial charge in [-0.05, 0) is 30.5 Å². The second kappa shape index (κ2) is 8.71. The number of nitrogens with zero attached hydrogens (tertiary/aromatic N) is 3. The van der Waals surface area contributed by atoms with Crippen LogP contribution >= 0.6 is 0 Å². The van der Waals surface area contributed by atoms with Crippen LogP contribution in [0.25, 0.3) is 21.9 Å². The highest BCUT2D eigenvalue weighted by molar-refractivity contribution is 6.06. The Morgan fingerprint density at radius 2 is 1.83 bits per heavy atom. The highest BCUT2D eigenvalue weighted by Gasteiger charge is 2.18. The zero-order valence-corrected chi connectivity index (χ0v) is 17.8. The molecule has 2 heterocycles. The number of anilines is 1. The number of hydrogen-bond donors (Lipinski definition) is 1. The standard InChI is InChI=1S/C24H28N4O2/c1-4-29-15-21-27-22-23(28(21)13-16(2)3)19-11-10-18(12-20(19)26-24(22)25)30-14-17-8-6-5-7-9-17/h5-12,16H,4,13-15H2,1-3H3,(H2,25,26). The summed E-state index contributed by atoms with van der Waals surface area (Å²) < 4.78 is 13.9. The summed E-state index contributed by atoms with van der Waals surface area (Å²) in [5, 5.41) is 1.02. The van der Waals surface area contributed by atoms with E-state index in [9.17, 15) is 0 Å². The van der Waals surface area contributed by atoms with Gasteiger partial charge in [0.25, 0.3) is 0 Å². The van der Waals surface area contributed by atoms with Crippen LogP contribution in [-0.2, 0) is 24.5 Å². The molecule has 4 rings (SSSR count). The Morgan fingerprint density at radius 3 is 2.57 bits per heavy atom. The molecule has 0 spiro atoms. The molecule has 0 saturated heterocycles. The predicted octanol–water partition coefficient (Wildman–Crippen LogP) is 4.94. The van der Waals surface area contributed by atoms with Crippen LogP contribution in [0.4, 0.5) is 5.82 Å². The number of aromatic nitrogens is 3. The van der Waals surface area contributed by atoms with Gasteiger partial charge in [0.1, 0.15) is 30.3 Å². The number of pyridine rings is 1. The maximum Gasteiger partial charge on any atom is 0.152 e. The zero-order chi connectivity index (χ0) is 21.1. The first-order chi connectivity index (χ1) is 14.6. The number of nitrogen functional groups attached to an aromatic ring is 1. The van der Waals surface area contributed by atoms with Gasteiger partial charge < -0.3 is 19.8 Å². The summed E-state index contributed by atoms with van der Waals surface area (Å²) in [5.74, 6) is 2.53. The third-order valence-electron chi connectivity index (χ3n) is 4.99. The van der Waals surface area contributed by atoms with E-state index in [4.69, 9.17) is 20.2 Å². The smallest absolute Gasteiger partial charge is 0.152 e. The van der Waals surface area contributed by atoms with Gasteiger partial charge in [0.2, 0.25) is 0 Å². The van der Waals surface area contributed by atoms with E-state index in [1.165, 1.54) is 0 Å². The molecule has 2 aromatic heterocycles. The molecule has 2 N–H and O–H groups in total. The first-order valence-electron chi connectivity index (χ1n) is 10.4. The highest BCUT2D eigenvalue weighted by atomic mass is 16.5. The molecule has 0 radical (unpaired) electrons. The Kier molecular flexibility index (Phi) is 5.86. The monoisotopic (exact) mass is 404 g/mol. The Morgan fingerprint density at radius 1 is 1.03 bits per heavy atom. The number of benzene rings is 2. The third-order valence-corrected chi connectivity index (χ3v) is 4.99. The van der Waals surface area contributed by atoms with Crippen LogP contribution in [0.1, 0.15) is 32.2 Å². The fraction of sp³-hybridized carbons (Fsp3) is 0.333. The van der Waals surface area contributed by atoms with Gasteiger partial charge in [0.15, 0.2) is 5.82 Å². The molecule has 30 heavy (non-hydrogen) atoms. The van der Waals surface area contributed by atoms with Gasteiger partial charge in [-0.25, -0.2) is 9.97 Å². The molecule has 6 nitrogen and oxygen atoms in total. The van der Waals surface area contributed by atoms with Crippen molar-refractivity contribution in [2.45, 2.75) is 40.5 Å². The molecule has 0 fully saturated rings. The summed E-state index contributed by atoms with van der Waals surface area (Å²) in [4.78, 5) is 9.39. The molecule has 0 unspecified atom stereocenters. The van der Waals surface area contributed by atoms with Crippen LogP contribution in [0.15, 0.2) is 48.5 Å². The van der Waals surface area contributed by atoms with Crippen LogP contribution in [0.3, 0.4) is 0 Å². The van der Waals surface area contributed by atoms with E-state index in [1.807, 2.05) is 55.5 Å². The van der Waals surface area contributed by atoms with E-state index in [1.54, 1.807) is 0 Å². The first-order valence-corrected chi connectivity index (χ1v) is 10.4. The van der Waals surface area contributed by atoms with Gasteiger partial charge in [-0.3, -0.25) is 0 Å².